The van der Waals surface area contributed by atoms with E-state index in [1.807, 2.05) is 26.1 Å². The topological polar surface area (TPSA) is 77.1 Å². The molecule has 8 heteroatoms. The van der Waals surface area contributed by atoms with E-state index in [0.717, 1.165) is 49.1 Å². The molecule has 1 aliphatic heterocycles. The third-order valence-electron chi connectivity index (χ3n) is 6.72. The van der Waals surface area contributed by atoms with E-state index in [9.17, 15) is 4.79 Å². The zero-order chi connectivity index (χ0) is 21.3. The largest absolute Gasteiger partial charge is 0.311 e. The maximum atomic E-state index is 15.2. The number of hydrogen-bond acceptors (Lipinski definition) is 5. The Morgan fingerprint density at radius 3 is 2.87 bits per heavy atom. The van der Waals surface area contributed by atoms with Gasteiger partial charge in [0.15, 0.2) is 5.65 Å². The Kier molecular flexibility index (Phi) is 3.87. The van der Waals surface area contributed by atoms with Gasteiger partial charge in [-0.1, -0.05) is 0 Å². The van der Waals surface area contributed by atoms with Crippen LogP contribution in [0.25, 0.3) is 27.8 Å². The molecule has 1 N–H and O–H groups in total. The first kappa shape index (κ1) is 18.6. The van der Waals surface area contributed by atoms with Gasteiger partial charge in [-0.2, -0.15) is 5.10 Å². The quantitative estimate of drug-likeness (QED) is 0.540. The monoisotopic (exact) mass is 418 g/mol. The molecule has 2 aliphatic rings. The summed E-state index contributed by atoms with van der Waals surface area (Å²) in [5.41, 5.74) is 4.02. The van der Waals surface area contributed by atoms with Crippen LogP contribution in [0.2, 0.25) is 0 Å². The summed E-state index contributed by atoms with van der Waals surface area (Å²) in [4.78, 5) is 22.1. The Labute approximate surface area is 177 Å². The Hall–Kier alpha value is -3.13. The van der Waals surface area contributed by atoms with E-state index in [4.69, 9.17) is 0 Å². The van der Waals surface area contributed by atoms with Gasteiger partial charge in [0, 0.05) is 17.1 Å². The van der Waals surface area contributed by atoms with Crippen molar-refractivity contribution in [1.82, 2.24) is 29.5 Å². The summed E-state index contributed by atoms with van der Waals surface area (Å²) in [7, 11) is 0. The third kappa shape index (κ3) is 2.96. The fourth-order valence-electron chi connectivity index (χ4n) is 4.90. The fraction of sp³-hybridized carbons (Fsp3) is 0.391. The highest BCUT2D eigenvalue weighted by atomic mass is 19.1. The maximum Gasteiger partial charge on any atom is 0.264 e. The van der Waals surface area contributed by atoms with Crippen LogP contribution in [0.1, 0.15) is 43.0 Å². The molecule has 1 saturated carbocycles. The number of benzene rings is 1. The standard InChI is InChI=1S/C23H23FN6O/c1-13-7-18(28-30-11-14(2)27-21(13)30)15-8-17(24)20-19(9-15)25-12-29(22(20)31)16-3-6-26-23(10-16)4-5-23/h7-9,11-12,16,26H,3-6,10H2,1-2H3/t16-/m1/s1. The Morgan fingerprint density at radius 2 is 2.06 bits per heavy atom. The van der Waals surface area contributed by atoms with Crippen LogP contribution in [0.3, 0.4) is 0 Å². The van der Waals surface area contributed by atoms with Gasteiger partial charge in [-0.05, 0) is 69.8 Å². The zero-order valence-electron chi connectivity index (χ0n) is 17.5. The van der Waals surface area contributed by atoms with Crippen molar-refractivity contribution in [2.75, 3.05) is 6.54 Å². The summed E-state index contributed by atoms with van der Waals surface area (Å²) in [6.45, 7) is 4.73. The van der Waals surface area contributed by atoms with Crippen molar-refractivity contribution in [1.29, 1.82) is 0 Å². The van der Waals surface area contributed by atoms with E-state index in [2.05, 4.69) is 20.4 Å². The van der Waals surface area contributed by atoms with Gasteiger partial charge < -0.3 is 5.32 Å². The van der Waals surface area contributed by atoms with Gasteiger partial charge >= 0.3 is 0 Å². The number of imidazole rings is 1. The van der Waals surface area contributed by atoms with E-state index >= 15 is 4.39 Å². The SMILES string of the molecule is Cc1cn2nc(-c3cc(F)c4c(=O)n([C@@H]5CCNC6(CC6)C5)cnc4c3)cc(C)c2n1. The summed E-state index contributed by atoms with van der Waals surface area (Å²) >= 11 is 0. The highest BCUT2D eigenvalue weighted by molar-refractivity contribution is 5.83. The molecule has 3 aromatic heterocycles. The minimum atomic E-state index is -0.559. The minimum absolute atomic E-state index is 0.0471. The van der Waals surface area contributed by atoms with Crippen LogP contribution in [0.15, 0.2) is 35.5 Å². The Morgan fingerprint density at radius 1 is 1.23 bits per heavy atom. The summed E-state index contributed by atoms with van der Waals surface area (Å²) in [5, 5.41) is 8.19. The van der Waals surface area contributed by atoms with Crippen LogP contribution in [-0.4, -0.2) is 36.2 Å². The average molecular weight is 418 g/mol. The lowest BCUT2D eigenvalue weighted by molar-refractivity contribution is 0.281. The second kappa shape index (κ2) is 6.43. The van der Waals surface area contributed by atoms with E-state index in [1.54, 1.807) is 21.5 Å². The number of piperidine rings is 1. The van der Waals surface area contributed by atoms with Crippen molar-refractivity contribution in [2.45, 2.75) is 51.1 Å². The highest BCUT2D eigenvalue weighted by Gasteiger charge is 2.46. The molecule has 7 nitrogen and oxygen atoms in total. The predicted molar refractivity (Wildman–Crippen MR) is 116 cm³/mol. The molecule has 1 aromatic carbocycles. The second-order valence-corrected chi connectivity index (χ2v) is 9.03. The first-order chi connectivity index (χ1) is 14.9. The molecule has 4 heterocycles. The molecule has 6 rings (SSSR count). The van der Waals surface area contributed by atoms with Crippen molar-refractivity contribution in [3.05, 3.63) is 58.2 Å². The first-order valence-electron chi connectivity index (χ1n) is 10.7. The van der Waals surface area contributed by atoms with Crippen LogP contribution >= 0.6 is 0 Å². The zero-order valence-corrected chi connectivity index (χ0v) is 17.5. The molecule has 0 radical (unpaired) electrons. The maximum absolute atomic E-state index is 15.2. The van der Waals surface area contributed by atoms with Crippen molar-refractivity contribution < 1.29 is 4.39 Å². The van der Waals surface area contributed by atoms with Gasteiger partial charge in [-0.3, -0.25) is 9.36 Å². The normalized spacial score (nSPS) is 20.0. The van der Waals surface area contributed by atoms with Gasteiger partial charge in [-0.15, -0.1) is 0 Å². The average Bonchev–Trinajstić information content (AvgIpc) is 3.35. The third-order valence-corrected chi connectivity index (χ3v) is 6.72. The van der Waals surface area contributed by atoms with Crippen LogP contribution in [0.5, 0.6) is 0 Å². The van der Waals surface area contributed by atoms with Crippen molar-refractivity contribution in [2.24, 2.45) is 0 Å². The number of fused-ring (bicyclic) bond motifs is 2. The molecule has 1 aliphatic carbocycles. The van der Waals surface area contributed by atoms with Crippen molar-refractivity contribution in [3.8, 4) is 11.3 Å². The smallest absolute Gasteiger partial charge is 0.264 e. The molecule has 0 unspecified atom stereocenters. The summed E-state index contributed by atoms with van der Waals surface area (Å²) in [6.07, 6.45) is 7.46. The van der Waals surface area contributed by atoms with E-state index < -0.39 is 5.82 Å². The molecular weight excluding hydrogens is 395 g/mol. The summed E-state index contributed by atoms with van der Waals surface area (Å²) in [5.74, 6) is -0.559. The van der Waals surface area contributed by atoms with Crippen molar-refractivity contribution in [3.63, 3.8) is 0 Å². The molecule has 1 atom stereocenters. The molecule has 31 heavy (non-hydrogen) atoms. The van der Waals surface area contributed by atoms with Gasteiger partial charge in [0.2, 0.25) is 0 Å². The second-order valence-electron chi connectivity index (χ2n) is 9.03. The fourth-order valence-corrected chi connectivity index (χ4v) is 4.90. The number of aromatic nitrogens is 5. The lowest BCUT2D eigenvalue weighted by Gasteiger charge is -2.31. The van der Waals surface area contributed by atoms with Crippen LogP contribution in [-0.2, 0) is 0 Å². The molecule has 0 amide bonds. The summed E-state index contributed by atoms with van der Waals surface area (Å²) < 4.78 is 18.6. The number of nitrogens with one attached hydrogen (secondary N) is 1. The minimum Gasteiger partial charge on any atom is -0.311 e. The number of rotatable bonds is 2. The molecule has 158 valence electrons. The van der Waals surface area contributed by atoms with Crippen LogP contribution in [0.4, 0.5) is 4.39 Å². The number of nitrogens with zero attached hydrogens (tertiary/aromatic N) is 5. The van der Waals surface area contributed by atoms with Gasteiger partial charge in [0.1, 0.15) is 11.2 Å². The highest BCUT2D eigenvalue weighted by Crippen LogP contribution is 2.45. The number of aryl methyl sites for hydroxylation is 2. The Balaban J connectivity index is 1.45. The lowest BCUT2D eigenvalue weighted by atomic mass is 9.97. The van der Waals surface area contributed by atoms with Crippen molar-refractivity contribution >= 4 is 16.6 Å². The van der Waals surface area contributed by atoms with Gasteiger partial charge in [0.25, 0.3) is 5.56 Å². The molecular formula is C23H23FN6O. The molecule has 0 bridgehead atoms. The van der Waals surface area contributed by atoms with E-state index in [1.165, 1.54) is 6.07 Å². The lowest BCUT2D eigenvalue weighted by Crippen LogP contribution is -2.42. The Bertz CT molecular complexity index is 1420. The molecule has 2 fully saturated rings. The molecule has 4 aromatic rings. The van der Waals surface area contributed by atoms with E-state index in [-0.39, 0.29) is 22.5 Å². The summed E-state index contributed by atoms with van der Waals surface area (Å²) in [6, 6.07) is 5.07. The number of hydrogen-bond donors (Lipinski definition) is 1. The van der Waals surface area contributed by atoms with Gasteiger partial charge in [-0.25, -0.2) is 18.9 Å². The number of halogens is 1. The predicted octanol–water partition coefficient (Wildman–Crippen LogP) is 3.32. The van der Waals surface area contributed by atoms with Crippen LogP contribution in [0, 0.1) is 19.7 Å². The first-order valence-corrected chi connectivity index (χ1v) is 10.7. The van der Waals surface area contributed by atoms with E-state index in [0.29, 0.717) is 16.8 Å². The molecule has 1 saturated heterocycles. The molecule has 1 spiro atoms. The van der Waals surface area contributed by atoms with Gasteiger partial charge in [0.05, 0.1) is 29.4 Å². The van der Waals surface area contributed by atoms with Crippen LogP contribution < -0.4 is 10.9 Å².